The van der Waals surface area contributed by atoms with E-state index in [4.69, 9.17) is 14.2 Å². The second kappa shape index (κ2) is 10.5. The number of hydrogen-bond donors (Lipinski definition) is 2. The number of rotatable bonds is 8. The quantitative estimate of drug-likeness (QED) is 0.500. The number of esters is 1. The third-order valence-electron chi connectivity index (χ3n) is 5.30. The van der Waals surface area contributed by atoms with Crippen molar-refractivity contribution < 1.29 is 28.6 Å². The van der Waals surface area contributed by atoms with Crippen molar-refractivity contribution in [1.82, 2.24) is 10.6 Å². The predicted molar refractivity (Wildman–Crippen MR) is 123 cm³/mol. The van der Waals surface area contributed by atoms with Gasteiger partial charge >= 0.3 is 5.97 Å². The van der Waals surface area contributed by atoms with Crippen molar-refractivity contribution in [1.29, 1.82) is 0 Å². The van der Waals surface area contributed by atoms with Gasteiger partial charge in [0, 0.05) is 5.56 Å². The number of carbonyl (C=O) groups excluding carboxylic acids is 3. The van der Waals surface area contributed by atoms with Crippen LogP contribution < -0.4 is 20.1 Å². The normalized spacial score (nSPS) is 13.4. The van der Waals surface area contributed by atoms with Crippen LogP contribution in [0.2, 0.25) is 0 Å². The van der Waals surface area contributed by atoms with E-state index in [1.165, 1.54) is 0 Å². The second-order valence-electron chi connectivity index (χ2n) is 7.69. The lowest BCUT2D eigenvalue weighted by Gasteiger charge is -2.19. The molecule has 34 heavy (non-hydrogen) atoms. The monoisotopic (exact) mass is 460 g/mol. The molecule has 8 nitrogen and oxygen atoms in total. The molecule has 8 heteroatoms. The van der Waals surface area contributed by atoms with Crippen molar-refractivity contribution in [3.8, 4) is 11.5 Å². The maximum atomic E-state index is 12.9. The van der Waals surface area contributed by atoms with Gasteiger partial charge in [-0.25, -0.2) is 4.79 Å². The third-order valence-corrected chi connectivity index (χ3v) is 5.30. The molecule has 1 aliphatic heterocycles. The number of ether oxygens (including phenoxy) is 3. The van der Waals surface area contributed by atoms with Crippen molar-refractivity contribution >= 4 is 17.8 Å². The van der Waals surface area contributed by atoms with E-state index in [9.17, 15) is 14.4 Å². The highest BCUT2D eigenvalue weighted by Crippen LogP contribution is 2.34. The summed E-state index contributed by atoms with van der Waals surface area (Å²) in [6.07, 6.45) is 0. The summed E-state index contributed by atoms with van der Waals surface area (Å²) >= 11 is 0. The first-order valence-corrected chi connectivity index (χ1v) is 10.8. The number of carbonyl (C=O) groups is 3. The van der Waals surface area contributed by atoms with Crippen LogP contribution in [0.5, 0.6) is 11.5 Å². The Morgan fingerprint density at radius 2 is 1.53 bits per heavy atom. The van der Waals surface area contributed by atoms with Crippen molar-refractivity contribution in [2.45, 2.75) is 19.0 Å². The molecule has 2 amide bonds. The zero-order valence-electron chi connectivity index (χ0n) is 18.5. The number of nitrogens with one attached hydrogen (secondary N) is 2. The molecule has 4 rings (SSSR count). The molecule has 2 unspecified atom stereocenters. The van der Waals surface area contributed by atoms with E-state index in [-0.39, 0.29) is 12.8 Å². The summed E-state index contributed by atoms with van der Waals surface area (Å²) in [6, 6.07) is 21.3. The van der Waals surface area contributed by atoms with Crippen molar-refractivity contribution in [3.05, 3.63) is 95.6 Å². The lowest BCUT2D eigenvalue weighted by atomic mass is 10.1. The first-order valence-electron chi connectivity index (χ1n) is 10.8. The second-order valence-corrected chi connectivity index (χ2v) is 7.69. The first-order chi connectivity index (χ1) is 16.5. The van der Waals surface area contributed by atoms with E-state index in [2.05, 4.69) is 10.6 Å². The fourth-order valence-electron chi connectivity index (χ4n) is 3.50. The van der Waals surface area contributed by atoms with Gasteiger partial charge in [-0.2, -0.15) is 0 Å². The molecule has 0 radical (unpaired) electrons. The van der Waals surface area contributed by atoms with Crippen LogP contribution >= 0.6 is 0 Å². The fraction of sp³-hybridized carbons (Fsp3) is 0.192. The van der Waals surface area contributed by atoms with Crippen LogP contribution in [-0.4, -0.2) is 31.2 Å². The minimum absolute atomic E-state index is 0.166. The van der Waals surface area contributed by atoms with E-state index in [0.717, 1.165) is 5.56 Å². The molecule has 1 aliphatic rings. The van der Waals surface area contributed by atoms with Crippen LogP contribution in [0, 0.1) is 0 Å². The predicted octanol–water partition coefficient (Wildman–Crippen LogP) is 3.31. The van der Waals surface area contributed by atoms with Gasteiger partial charge in [0.25, 0.3) is 11.8 Å². The molecule has 2 atom stereocenters. The van der Waals surface area contributed by atoms with E-state index >= 15 is 0 Å². The van der Waals surface area contributed by atoms with Gasteiger partial charge in [-0.15, -0.1) is 0 Å². The zero-order chi connectivity index (χ0) is 23.9. The molecule has 0 saturated carbocycles. The molecule has 0 aliphatic carbocycles. The molecule has 174 valence electrons. The molecule has 0 aromatic heterocycles. The molecule has 2 N–H and O–H groups in total. The maximum Gasteiger partial charge on any atom is 0.333 e. The summed E-state index contributed by atoms with van der Waals surface area (Å²) in [6.45, 7) is 1.49. The Kier molecular flexibility index (Phi) is 7.07. The standard InChI is InChI=1S/C26H24N2O6/c1-17(20-12-13-21-22(14-20)34-16-33-21)27-23(29)15-32-26(31)24(18-8-4-2-5-9-18)28-25(30)19-10-6-3-7-11-19/h2-14,17,24H,15-16H2,1H3,(H,27,29)(H,28,30). The smallest absolute Gasteiger partial charge is 0.333 e. The summed E-state index contributed by atoms with van der Waals surface area (Å²) in [7, 11) is 0. The van der Waals surface area contributed by atoms with Crippen LogP contribution in [0.25, 0.3) is 0 Å². The molecular weight excluding hydrogens is 436 g/mol. The number of benzene rings is 3. The van der Waals surface area contributed by atoms with E-state index in [1.807, 2.05) is 13.0 Å². The molecule has 0 spiro atoms. The minimum Gasteiger partial charge on any atom is -0.454 e. The van der Waals surface area contributed by atoms with Gasteiger partial charge in [0.1, 0.15) is 0 Å². The summed E-state index contributed by atoms with van der Waals surface area (Å²) in [5.74, 6) is -0.362. The number of fused-ring (bicyclic) bond motifs is 1. The number of hydrogen-bond acceptors (Lipinski definition) is 6. The van der Waals surface area contributed by atoms with Gasteiger partial charge in [-0.05, 0) is 42.3 Å². The van der Waals surface area contributed by atoms with Gasteiger partial charge < -0.3 is 24.8 Å². The van der Waals surface area contributed by atoms with Gasteiger partial charge in [-0.3, -0.25) is 9.59 Å². The Hall–Kier alpha value is -4.33. The summed E-state index contributed by atoms with van der Waals surface area (Å²) in [5.41, 5.74) is 1.78. The van der Waals surface area contributed by atoms with Crippen LogP contribution in [0.1, 0.15) is 40.5 Å². The minimum atomic E-state index is -1.06. The molecule has 3 aromatic carbocycles. The summed E-state index contributed by atoms with van der Waals surface area (Å²) < 4.78 is 15.9. The SMILES string of the molecule is CC(NC(=O)COC(=O)C(NC(=O)c1ccccc1)c1ccccc1)c1ccc2c(c1)OCO2. The molecule has 0 fully saturated rings. The number of amides is 2. The Balaban J connectivity index is 1.37. The van der Waals surface area contributed by atoms with Crippen molar-refractivity contribution in [2.24, 2.45) is 0 Å². The average Bonchev–Trinajstić information content (AvgIpc) is 3.35. The Morgan fingerprint density at radius 3 is 2.26 bits per heavy atom. The van der Waals surface area contributed by atoms with Gasteiger partial charge in [0.2, 0.25) is 6.79 Å². The van der Waals surface area contributed by atoms with E-state index < -0.39 is 30.4 Å². The lowest BCUT2D eigenvalue weighted by molar-refractivity contribution is -0.150. The maximum absolute atomic E-state index is 12.9. The van der Waals surface area contributed by atoms with Crippen LogP contribution in [0.4, 0.5) is 0 Å². The van der Waals surface area contributed by atoms with Gasteiger partial charge in [0.05, 0.1) is 6.04 Å². The van der Waals surface area contributed by atoms with E-state index in [0.29, 0.717) is 22.6 Å². The molecule has 1 heterocycles. The van der Waals surface area contributed by atoms with Gasteiger partial charge in [-0.1, -0.05) is 54.6 Å². The average molecular weight is 460 g/mol. The van der Waals surface area contributed by atoms with Crippen molar-refractivity contribution in [2.75, 3.05) is 13.4 Å². The zero-order valence-corrected chi connectivity index (χ0v) is 18.5. The molecule has 0 saturated heterocycles. The summed E-state index contributed by atoms with van der Waals surface area (Å²) in [4.78, 5) is 37.9. The molecule has 3 aromatic rings. The highest BCUT2D eigenvalue weighted by atomic mass is 16.7. The van der Waals surface area contributed by atoms with Crippen LogP contribution in [-0.2, 0) is 14.3 Å². The Labute approximate surface area is 196 Å². The Bertz CT molecular complexity index is 1170. The van der Waals surface area contributed by atoms with E-state index in [1.54, 1.807) is 72.8 Å². The van der Waals surface area contributed by atoms with Crippen LogP contribution in [0.3, 0.4) is 0 Å². The highest BCUT2D eigenvalue weighted by Gasteiger charge is 2.26. The third kappa shape index (κ3) is 5.53. The summed E-state index contributed by atoms with van der Waals surface area (Å²) in [5, 5.41) is 5.48. The molecular formula is C26H24N2O6. The topological polar surface area (TPSA) is 103 Å². The largest absolute Gasteiger partial charge is 0.454 e. The van der Waals surface area contributed by atoms with Gasteiger partial charge in [0.15, 0.2) is 24.1 Å². The van der Waals surface area contributed by atoms with Crippen molar-refractivity contribution in [3.63, 3.8) is 0 Å². The first kappa shape index (κ1) is 22.8. The fourth-order valence-corrected chi connectivity index (χ4v) is 3.50. The lowest BCUT2D eigenvalue weighted by Crippen LogP contribution is -2.37. The highest BCUT2D eigenvalue weighted by molar-refractivity contribution is 5.97. The van der Waals surface area contributed by atoms with Crippen LogP contribution in [0.15, 0.2) is 78.9 Å². The molecule has 0 bridgehead atoms. The Morgan fingerprint density at radius 1 is 0.853 bits per heavy atom.